The van der Waals surface area contributed by atoms with Gasteiger partial charge < -0.3 is 0 Å². The molecule has 82 valence electrons. The van der Waals surface area contributed by atoms with Crippen molar-refractivity contribution in [2.45, 2.75) is 4.90 Å². The molecule has 0 aliphatic heterocycles. The van der Waals surface area contributed by atoms with Gasteiger partial charge in [-0.25, -0.2) is 8.42 Å². The predicted molar refractivity (Wildman–Crippen MR) is 68.0 cm³/mol. The fourth-order valence-electron chi connectivity index (χ4n) is 1.54. The second kappa shape index (κ2) is 4.39. The molecule has 2 nitrogen and oxygen atoms in total. The zero-order valence-electron chi connectivity index (χ0n) is 8.30. The Balaban J connectivity index is 2.68. The van der Waals surface area contributed by atoms with Gasteiger partial charge in [-0.2, -0.15) is 0 Å². The Bertz CT molecular complexity index is 591. The highest BCUT2D eigenvalue weighted by atomic mass is 79.9. The number of hydrogen-bond acceptors (Lipinski definition) is 2. The molecule has 0 aliphatic rings. The lowest BCUT2D eigenvalue weighted by Gasteiger charge is -2.06. The quantitative estimate of drug-likeness (QED) is 0.796. The van der Waals surface area contributed by atoms with Crippen LogP contribution in [0.15, 0.2) is 59.5 Å². The molecule has 0 atom stereocenters. The molecule has 2 aromatic rings. The van der Waals surface area contributed by atoms with E-state index in [0.717, 1.165) is 5.56 Å². The van der Waals surface area contributed by atoms with E-state index in [-0.39, 0.29) is 0 Å². The molecule has 0 fully saturated rings. The summed E-state index contributed by atoms with van der Waals surface area (Å²) in [6, 6.07) is 16.4. The third-order valence-electron chi connectivity index (χ3n) is 2.23. The zero-order valence-corrected chi connectivity index (χ0v) is 10.7. The van der Waals surface area contributed by atoms with Crippen LogP contribution in [0.3, 0.4) is 0 Å². The van der Waals surface area contributed by atoms with Gasteiger partial charge in [0.2, 0.25) is 8.27 Å². The maximum atomic E-state index is 11.5. The predicted octanol–water partition coefficient (Wildman–Crippen LogP) is 3.44. The van der Waals surface area contributed by atoms with Crippen LogP contribution in [0.4, 0.5) is 0 Å². The second-order valence-electron chi connectivity index (χ2n) is 3.30. The molecule has 0 heterocycles. The highest BCUT2D eigenvalue weighted by Crippen LogP contribution is 2.29. The molecule has 2 rings (SSSR count). The minimum absolute atomic E-state index is 0.293. The summed E-state index contributed by atoms with van der Waals surface area (Å²) in [5.74, 6) is 0. The molecule has 16 heavy (non-hydrogen) atoms. The Morgan fingerprint density at radius 2 is 1.38 bits per heavy atom. The molecule has 0 spiro atoms. The molecule has 0 bridgehead atoms. The number of rotatable bonds is 2. The van der Waals surface area contributed by atoms with Crippen molar-refractivity contribution >= 4 is 23.1 Å². The van der Waals surface area contributed by atoms with E-state index in [1.54, 1.807) is 18.2 Å². The fraction of sp³-hybridized carbons (Fsp3) is 0. The van der Waals surface area contributed by atoms with Crippen LogP contribution in [0.1, 0.15) is 0 Å². The van der Waals surface area contributed by atoms with Crippen LogP contribution in [-0.2, 0) is 8.27 Å². The SMILES string of the molecule is O=S(=O)(Br)c1ccccc1-c1ccccc1. The molecule has 0 N–H and O–H groups in total. The molecule has 4 heteroatoms. The van der Waals surface area contributed by atoms with E-state index in [0.29, 0.717) is 10.5 Å². The Labute approximate surface area is 102 Å². The van der Waals surface area contributed by atoms with E-state index in [9.17, 15) is 8.42 Å². The first-order valence-corrected chi connectivity index (χ1v) is 8.01. The Morgan fingerprint density at radius 1 is 0.812 bits per heavy atom. The molecule has 0 aliphatic carbocycles. The highest BCUT2D eigenvalue weighted by Gasteiger charge is 2.14. The summed E-state index contributed by atoms with van der Waals surface area (Å²) in [5, 5.41) is 0. The first-order chi connectivity index (χ1) is 7.59. The first-order valence-electron chi connectivity index (χ1n) is 4.68. The van der Waals surface area contributed by atoms with Gasteiger partial charge in [0.25, 0.3) is 0 Å². The van der Waals surface area contributed by atoms with Gasteiger partial charge in [0.15, 0.2) is 0 Å². The molecule has 0 aromatic heterocycles. The van der Waals surface area contributed by atoms with Gasteiger partial charge in [-0.15, -0.1) is 0 Å². The lowest BCUT2D eigenvalue weighted by Crippen LogP contribution is -1.93. The van der Waals surface area contributed by atoms with Gasteiger partial charge in [0.05, 0.1) is 19.7 Å². The van der Waals surface area contributed by atoms with Crippen molar-refractivity contribution in [1.29, 1.82) is 0 Å². The molecular weight excluding hydrogens is 288 g/mol. The maximum Gasteiger partial charge on any atom is 0.238 e. The standard InChI is InChI=1S/C12H9BrO2S/c13-16(14,15)12-9-5-4-8-11(12)10-6-2-1-3-7-10/h1-9H. The fourth-order valence-corrected chi connectivity index (χ4v) is 3.07. The van der Waals surface area contributed by atoms with Crippen molar-refractivity contribution < 1.29 is 8.42 Å². The van der Waals surface area contributed by atoms with Crippen LogP contribution in [0.2, 0.25) is 0 Å². The molecule has 0 saturated heterocycles. The number of hydrogen-bond donors (Lipinski definition) is 0. The Hall–Kier alpha value is -1.13. The first kappa shape index (κ1) is 11.4. The minimum atomic E-state index is -3.37. The summed E-state index contributed by atoms with van der Waals surface area (Å²) in [5.41, 5.74) is 1.60. The summed E-state index contributed by atoms with van der Waals surface area (Å²) in [7, 11) is -3.37. The Morgan fingerprint density at radius 3 is 2.00 bits per heavy atom. The van der Waals surface area contributed by atoms with Crippen LogP contribution in [-0.4, -0.2) is 8.42 Å². The lowest BCUT2D eigenvalue weighted by atomic mass is 10.1. The molecule has 0 saturated carbocycles. The topological polar surface area (TPSA) is 34.1 Å². The minimum Gasteiger partial charge on any atom is -0.212 e. The van der Waals surface area contributed by atoms with Crippen molar-refractivity contribution in [2.24, 2.45) is 0 Å². The van der Waals surface area contributed by atoms with Gasteiger partial charge in [-0.05, 0) is 11.6 Å². The monoisotopic (exact) mass is 296 g/mol. The Kier molecular flexibility index (Phi) is 3.12. The third-order valence-corrected chi connectivity index (χ3v) is 4.16. The van der Waals surface area contributed by atoms with Gasteiger partial charge in [0, 0.05) is 5.56 Å². The van der Waals surface area contributed by atoms with E-state index in [2.05, 4.69) is 14.8 Å². The second-order valence-corrected chi connectivity index (χ2v) is 7.17. The van der Waals surface area contributed by atoms with Crippen LogP contribution in [0, 0.1) is 0 Å². The van der Waals surface area contributed by atoms with Gasteiger partial charge in [-0.3, -0.25) is 0 Å². The average molecular weight is 297 g/mol. The van der Waals surface area contributed by atoms with Crippen molar-refractivity contribution in [3.8, 4) is 11.1 Å². The molecule has 0 amide bonds. The number of benzene rings is 2. The van der Waals surface area contributed by atoms with E-state index >= 15 is 0 Å². The summed E-state index contributed by atoms with van der Waals surface area (Å²) in [6.07, 6.45) is 0. The van der Waals surface area contributed by atoms with Crippen molar-refractivity contribution in [2.75, 3.05) is 0 Å². The highest BCUT2D eigenvalue weighted by molar-refractivity contribution is 9.47. The van der Waals surface area contributed by atoms with E-state index in [4.69, 9.17) is 0 Å². The summed E-state index contributed by atoms with van der Waals surface area (Å²) in [4.78, 5) is 0.293. The van der Waals surface area contributed by atoms with Crippen LogP contribution < -0.4 is 0 Å². The zero-order chi connectivity index (χ0) is 11.6. The van der Waals surface area contributed by atoms with Crippen molar-refractivity contribution in [3.63, 3.8) is 0 Å². The average Bonchev–Trinajstić information content (AvgIpc) is 2.29. The summed E-state index contributed by atoms with van der Waals surface area (Å²) >= 11 is 2.71. The summed E-state index contributed by atoms with van der Waals surface area (Å²) in [6.45, 7) is 0. The van der Waals surface area contributed by atoms with Crippen molar-refractivity contribution in [3.05, 3.63) is 54.6 Å². The normalized spacial score (nSPS) is 11.3. The van der Waals surface area contributed by atoms with E-state index < -0.39 is 8.27 Å². The molecule has 0 unspecified atom stereocenters. The largest absolute Gasteiger partial charge is 0.238 e. The van der Waals surface area contributed by atoms with Crippen molar-refractivity contribution in [1.82, 2.24) is 0 Å². The van der Waals surface area contributed by atoms with Crippen LogP contribution in [0.25, 0.3) is 11.1 Å². The lowest BCUT2D eigenvalue weighted by molar-refractivity contribution is 0.611. The third kappa shape index (κ3) is 2.33. The van der Waals surface area contributed by atoms with Gasteiger partial charge >= 0.3 is 0 Å². The molecule has 0 radical (unpaired) electrons. The van der Waals surface area contributed by atoms with Gasteiger partial charge in [-0.1, -0.05) is 48.5 Å². The van der Waals surface area contributed by atoms with Crippen LogP contribution in [0.5, 0.6) is 0 Å². The maximum absolute atomic E-state index is 11.5. The molecular formula is C12H9BrO2S. The van der Waals surface area contributed by atoms with Gasteiger partial charge in [0.1, 0.15) is 0 Å². The molecule has 2 aromatic carbocycles. The summed E-state index contributed by atoms with van der Waals surface area (Å²) < 4.78 is 23.1. The van der Waals surface area contributed by atoms with E-state index in [1.807, 2.05) is 36.4 Å². The smallest absolute Gasteiger partial charge is 0.212 e. The van der Waals surface area contributed by atoms with Crippen LogP contribution >= 0.6 is 14.8 Å². The van der Waals surface area contributed by atoms with E-state index in [1.165, 1.54) is 0 Å². The number of halogens is 1.